The summed E-state index contributed by atoms with van der Waals surface area (Å²) in [6.45, 7) is 0.848. The van der Waals surface area contributed by atoms with E-state index in [0.29, 0.717) is 29.9 Å². The zero-order valence-electron chi connectivity index (χ0n) is 15.5. The predicted octanol–water partition coefficient (Wildman–Crippen LogP) is 0.608. The summed E-state index contributed by atoms with van der Waals surface area (Å²) >= 11 is 0. The van der Waals surface area contributed by atoms with Gasteiger partial charge in [0.25, 0.3) is 0 Å². The molecule has 0 fully saturated rings. The van der Waals surface area contributed by atoms with E-state index in [1.165, 1.54) is 25.4 Å². The normalized spacial score (nSPS) is 12.0. The lowest BCUT2D eigenvalue weighted by Crippen LogP contribution is -2.38. The van der Waals surface area contributed by atoms with Gasteiger partial charge in [-0.05, 0) is 30.3 Å². The molecule has 3 aromatic rings. The molecule has 2 aromatic heterocycles. The topological polar surface area (TPSA) is 120 Å². The van der Waals surface area contributed by atoms with E-state index in [4.69, 9.17) is 9.15 Å². The SMILES string of the molecule is COCCn1nnc2cc(S(=O)(=O)N(C)CC(=O)NCc3ccco3)ccc21. The molecule has 11 heteroatoms. The minimum absolute atomic E-state index is 0.0418. The van der Waals surface area contributed by atoms with Crippen molar-refractivity contribution in [2.24, 2.45) is 0 Å². The smallest absolute Gasteiger partial charge is 0.243 e. The van der Waals surface area contributed by atoms with Crippen LogP contribution in [-0.4, -0.2) is 60.9 Å². The number of methoxy groups -OCH3 is 1. The van der Waals surface area contributed by atoms with E-state index in [1.807, 2.05) is 0 Å². The highest BCUT2D eigenvalue weighted by Crippen LogP contribution is 2.20. The Morgan fingerprint density at radius 1 is 1.36 bits per heavy atom. The summed E-state index contributed by atoms with van der Waals surface area (Å²) in [5.41, 5.74) is 1.16. The molecule has 0 bridgehead atoms. The van der Waals surface area contributed by atoms with Crippen LogP contribution >= 0.6 is 0 Å². The van der Waals surface area contributed by atoms with Crippen molar-refractivity contribution in [1.82, 2.24) is 24.6 Å². The van der Waals surface area contributed by atoms with Crippen molar-refractivity contribution in [3.8, 4) is 0 Å². The van der Waals surface area contributed by atoms with Crippen molar-refractivity contribution in [2.75, 3.05) is 27.3 Å². The molecular formula is C17H21N5O5S. The lowest BCUT2D eigenvalue weighted by atomic mass is 10.3. The number of carbonyl (C=O) groups excluding carboxylic acids is 1. The van der Waals surface area contributed by atoms with Gasteiger partial charge >= 0.3 is 0 Å². The molecule has 150 valence electrons. The number of benzene rings is 1. The summed E-state index contributed by atoms with van der Waals surface area (Å²) in [5, 5.41) is 10.6. The number of nitrogens with one attached hydrogen (secondary N) is 1. The molecule has 28 heavy (non-hydrogen) atoms. The van der Waals surface area contributed by atoms with Crippen LogP contribution in [0.15, 0.2) is 45.9 Å². The van der Waals surface area contributed by atoms with Crippen molar-refractivity contribution in [3.63, 3.8) is 0 Å². The van der Waals surface area contributed by atoms with Crippen molar-refractivity contribution < 1.29 is 22.4 Å². The second-order valence-electron chi connectivity index (χ2n) is 6.07. The summed E-state index contributed by atoms with van der Waals surface area (Å²) in [4.78, 5) is 12.1. The summed E-state index contributed by atoms with van der Waals surface area (Å²) < 4.78 is 38.3. The largest absolute Gasteiger partial charge is 0.467 e. The van der Waals surface area contributed by atoms with Crippen LogP contribution in [0.4, 0.5) is 0 Å². The molecule has 1 aromatic carbocycles. The zero-order valence-corrected chi connectivity index (χ0v) is 16.3. The molecule has 0 saturated heterocycles. The minimum atomic E-state index is -3.86. The second-order valence-corrected chi connectivity index (χ2v) is 8.12. The first-order valence-electron chi connectivity index (χ1n) is 8.49. The van der Waals surface area contributed by atoms with Crippen LogP contribution < -0.4 is 5.32 Å². The van der Waals surface area contributed by atoms with Gasteiger partial charge in [-0.3, -0.25) is 4.79 Å². The fourth-order valence-corrected chi connectivity index (χ4v) is 3.72. The highest BCUT2D eigenvalue weighted by Gasteiger charge is 2.24. The number of nitrogens with zero attached hydrogens (tertiary/aromatic N) is 4. The third-order valence-electron chi connectivity index (χ3n) is 4.11. The molecule has 1 amide bonds. The van der Waals surface area contributed by atoms with Crippen LogP contribution in [0.5, 0.6) is 0 Å². The standard InChI is InChI=1S/C17H21N5O5S/c1-21(12-17(23)18-11-13-4-3-8-27-13)28(24,25)14-5-6-16-15(10-14)19-20-22(16)7-9-26-2/h3-6,8,10H,7,9,11-12H2,1-2H3,(H,18,23). The molecule has 0 unspecified atom stereocenters. The molecule has 0 aliphatic rings. The molecule has 0 aliphatic carbocycles. The van der Waals surface area contributed by atoms with E-state index < -0.39 is 15.9 Å². The quantitative estimate of drug-likeness (QED) is 0.552. The Bertz CT molecular complexity index is 1050. The molecule has 0 atom stereocenters. The predicted molar refractivity (Wildman–Crippen MR) is 99.8 cm³/mol. The van der Waals surface area contributed by atoms with Crippen LogP contribution in [-0.2, 0) is 32.6 Å². The van der Waals surface area contributed by atoms with Gasteiger partial charge in [-0.2, -0.15) is 4.31 Å². The molecule has 0 spiro atoms. The Morgan fingerprint density at radius 3 is 2.89 bits per heavy atom. The van der Waals surface area contributed by atoms with Gasteiger partial charge in [0.15, 0.2) is 0 Å². The maximum Gasteiger partial charge on any atom is 0.243 e. The average Bonchev–Trinajstić information content (AvgIpc) is 3.34. The molecular weight excluding hydrogens is 386 g/mol. The molecule has 10 nitrogen and oxygen atoms in total. The van der Waals surface area contributed by atoms with Crippen LogP contribution in [0, 0.1) is 0 Å². The fourth-order valence-electron chi connectivity index (χ4n) is 2.58. The van der Waals surface area contributed by atoms with Crippen molar-refractivity contribution >= 4 is 27.0 Å². The Kier molecular flexibility index (Phi) is 6.07. The van der Waals surface area contributed by atoms with E-state index in [-0.39, 0.29) is 18.0 Å². The van der Waals surface area contributed by atoms with Gasteiger partial charge in [0.05, 0.1) is 42.9 Å². The number of amides is 1. The molecule has 0 aliphatic heterocycles. The van der Waals surface area contributed by atoms with Crippen LogP contribution in [0.1, 0.15) is 5.76 Å². The number of sulfonamides is 1. The van der Waals surface area contributed by atoms with E-state index in [1.54, 1.807) is 30.0 Å². The van der Waals surface area contributed by atoms with E-state index in [9.17, 15) is 13.2 Å². The van der Waals surface area contributed by atoms with Gasteiger partial charge in [0.1, 0.15) is 11.3 Å². The molecule has 0 saturated carbocycles. The van der Waals surface area contributed by atoms with Crippen LogP contribution in [0.3, 0.4) is 0 Å². The lowest BCUT2D eigenvalue weighted by Gasteiger charge is -2.16. The summed E-state index contributed by atoms with van der Waals surface area (Å²) in [6.07, 6.45) is 1.50. The van der Waals surface area contributed by atoms with Crippen LogP contribution in [0.2, 0.25) is 0 Å². The number of hydrogen-bond donors (Lipinski definition) is 1. The Hall–Kier alpha value is -2.76. The number of likely N-dealkylation sites (N-methyl/N-ethyl adjacent to an activating group) is 1. The van der Waals surface area contributed by atoms with Gasteiger partial charge in [-0.25, -0.2) is 13.1 Å². The minimum Gasteiger partial charge on any atom is -0.467 e. The highest BCUT2D eigenvalue weighted by molar-refractivity contribution is 7.89. The van der Waals surface area contributed by atoms with E-state index >= 15 is 0 Å². The molecule has 2 heterocycles. The first-order chi connectivity index (χ1) is 13.4. The van der Waals surface area contributed by atoms with Gasteiger partial charge in [-0.15, -0.1) is 5.10 Å². The second kappa shape index (κ2) is 8.50. The van der Waals surface area contributed by atoms with Gasteiger partial charge in [-0.1, -0.05) is 5.21 Å². The van der Waals surface area contributed by atoms with Crippen molar-refractivity contribution in [3.05, 3.63) is 42.4 Å². The third kappa shape index (κ3) is 4.38. The van der Waals surface area contributed by atoms with Crippen molar-refractivity contribution in [2.45, 2.75) is 18.0 Å². The summed E-state index contributed by atoms with van der Waals surface area (Å²) in [6, 6.07) is 7.98. The van der Waals surface area contributed by atoms with Gasteiger partial charge in [0.2, 0.25) is 15.9 Å². The molecule has 1 N–H and O–H groups in total. The first kappa shape index (κ1) is 20.0. The molecule has 3 rings (SSSR count). The van der Waals surface area contributed by atoms with E-state index in [2.05, 4.69) is 15.6 Å². The number of carbonyl (C=O) groups is 1. The number of fused-ring (bicyclic) bond motifs is 1. The average molecular weight is 407 g/mol. The number of aromatic nitrogens is 3. The maximum absolute atomic E-state index is 12.8. The fraction of sp³-hybridized carbons (Fsp3) is 0.353. The van der Waals surface area contributed by atoms with E-state index in [0.717, 1.165) is 4.31 Å². The van der Waals surface area contributed by atoms with Crippen molar-refractivity contribution in [1.29, 1.82) is 0 Å². The summed E-state index contributed by atoms with van der Waals surface area (Å²) in [5.74, 6) is 0.148. The Labute approximate surface area is 162 Å². The number of hydrogen-bond acceptors (Lipinski definition) is 7. The van der Waals surface area contributed by atoms with Crippen LogP contribution in [0.25, 0.3) is 11.0 Å². The third-order valence-corrected chi connectivity index (χ3v) is 5.91. The summed E-state index contributed by atoms with van der Waals surface area (Å²) in [7, 11) is -0.922. The van der Waals surface area contributed by atoms with Gasteiger partial charge in [0, 0.05) is 14.2 Å². The zero-order chi connectivity index (χ0) is 20.1. The lowest BCUT2D eigenvalue weighted by molar-refractivity contribution is -0.121. The monoisotopic (exact) mass is 407 g/mol. The first-order valence-corrected chi connectivity index (χ1v) is 9.93. The maximum atomic E-state index is 12.8. The highest BCUT2D eigenvalue weighted by atomic mass is 32.2. The Morgan fingerprint density at radius 2 is 2.18 bits per heavy atom. The number of rotatable bonds is 9. The van der Waals surface area contributed by atoms with Gasteiger partial charge < -0.3 is 14.5 Å². The number of furan rings is 1. The molecule has 0 radical (unpaired) electrons. The number of ether oxygens (including phenoxy) is 1. The Balaban J connectivity index is 1.69.